The fourth-order valence-corrected chi connectivity index (χ4v) is 3.08. The number of hydrogen-bond acceptors (Lipinski definition) is 2. The second-order valence-corrected chi connectivity index (χ2v) is 5.76. The molecule has 4 rings (SSSR count). The predicted octanol–water partition coefficient (Wildman–Crippen LogP) is 4.59. The molecule has 23 heavy (non-hydrogen) atoms. The Bertz CT molecular complexity index is 913. The molecule has 0 aliphatic carbocycles. The fraction of sp³-hybridized carbons (Fsp3) is 0.0556. The Morgan fingerprint density at radius 3 is 2.61 bits per heavy atom. The lowest BCUT2D eigenvalue weighted by Crippen LogP contribution is -2.05. The molecule has 2 heterocycles. The summed E-state index contributed by atoms with van der Waals surface area (Å²) in [5.41, 5.74) is 4.14. The quantitative estimate of drug-likeness (QED) is 0.724. The van der Waals surface area contributed by atoms with Crippen LogP contribution in [0.5, 0.6) is 5.75 Å². The number of aromatic nitrogens is 1. The van der Waals surface area contributed by atoms with Crippen molar-refractivity contribution >= 4 is 17.6 Å². The van der Waals surface area contributed by atoms with Crippen LogP contribution in [0.25, 0.3) is 22.4 Å². The van der Waals surface area contributed by atoms with E-state index in [0.29, 0.717) is 17.2 Å². The lowest BCUT2D eigenvalue weighted by molar-refractivity contribution is 0.0692. The van der Waals surface area contributed by atoms with Crippen LogP contribution in [-0.2, 0) is 6.61 Å². The van der Waals surface area contributed by atoms with E-state index in [2.05, 4.69) is 4.98 Å². The molecule has 0 bridgehead atoms. The van der Waals surface area contributed by atoms with Gasteiger partial charge in [-0.3, -0.25) is 0 Å². The zero-order valence-electron chi connectivity index (χ0n) is 12.0. The van der Waals surface area contributed by atoms with Gasteiger partial charge in [0.1, 0.15) is 18.1 Å². The van der Waals surface area contributed by atoms with Crippen LogP contribution in [0.4, 0.5) is 0 Å². The maximum atomic E-state index is 11.7. The Morgan fingerprint density at radius 2 is 1.87 bits per heavy atom. The lowest BCUT2D eigenvalue weighted by Gasteiger charge is -2.18. The largest absolute Gasteiger partial charge is 0.488 e. The summed E-state index contributed by atoms with van der Waals surface area (Å²) in [5, 5.41) is 10.2. The molecule has 0 atom stereocenters. The van der Waals surface area contributed by atoms with Crippen molar-refractivity contribution in [3.05, 3.63) is 64.8 Å². The van der Waals surface area contributed by atoms with Gasteiger partial charge in [-0.25, -0.2) is 4.79 Å². The first-order chi connectivity index (χ1) is 11.1. The highest BCUT2D eigenvalue weighted by molar-refractivity contribution is 6.30. The summed E-state index contributed by atoms with van der Waals surface area (Å²) in [4.78, 5) is 14.8. The molecule has 4 nitrogen and oxygen atoms in total. The van der Waals surface area contributed by atoms with E-state index in [1.807, 2.05) is 36.4 Å². The van der Waals surface area contributed by atoms with Crippen molar-refractivity contribution < 1.29 is 14.6 Å². The van der Waals surface area contributed by atoms with Gasteiger partial charge >= 0.3 is 5.97 Å². The number of aromatic amines is 1. The van der Waals surface area contributed by atoms with E-state index in [9.17, 15) is 9.90 Å². The van der Waals surface area contributed by atoms with Gasteiger partial charge in [0.05, 0.1) is 5.69 Å². The van der Waals surface area contributed by atoms with Crippen LogP contribution in [0.3, 0.4) is 0 Å². The van der Waals surface area contributed by atoms with Crippen molar-refractivity contribution in [1.82, 2.24) is 4.98 Å². The Kier molecular flexibility index (Phi) is 3.13. The van der Waals surface area contributed by atoms with Gasteiger partial charge < -0.3 is 14.8 Å². The molecule has 0 fully saturated rings. The van der Waals surface area contributed by atoms with E-state index >= 15 is 0 Å². The van der Waals surface area contributed by atoms with Crippen LogP contribution < -0.4 is 4.74 Å². The number of carboxylic acids is 1. The number of rotatable bonds is 2. The number of nitrogens with one attached hydrogen (secondary N) is 1. The molecule has 3 aromatic rings. The zero-order chi connectivity index (χ0) is 16.0. The molecule has 0 unspecified atom stereocenters. The summed E-state index contributed by atoms with van der Waals surface area (Å²) in [6, 6.07) is 14.7. The minimum atomic E-state index is -0.998. The average molecular weight is 326 g/mol. The number of para-hydroxylation sites is 1. The van der Waals surface area contributed by atoms with Crippen molar-refractivity contribution in [3.63, 3.8) is 0 Å². The number of halogens is 1. The Morgan fingerprint density at radius 1 is 1.13 bits per heavy atom. The number of H-pyrrole nitrogens is 1. The highest BCUT2D eigenvalue weighted by atomic mass is 35.5. The highest BCUT2D eigenvalue weighted by Gasteiger charge is 2.28. The molecule has 0 spiro atoms. The Balaban J connectivity index is 1.99. The van der Waals surface area contributed by atoms with Gasteiger partial charge in [0.2, 0.25) is 0 Å². The first kappa shape index (κ1) is 13.9. The van der Waals surface area contributed by atoms with E-state index in [4.69, 9.17) is 16.3 Å². The van der Waals surface area contributed by atoms with Crippen LogP contribution in [0, 0.1) is 0 Å². The Labute approximate surface area is 137 Å². The summed E-state index contributed by atoms with van der Waals surface area (Å²) in [6.45, 7) is 0.327. The number of fused-ring (bicyclic) bond motifs is 3. The van der Waals surface area contributed by atoms with E-state index in [1.54, 1.807) is 12.1 Å². The van der Waals surface area contributed by atoms with Gasteiger partial charge in [0, 0.05) is 21.7 Å². The van der Waals surface area contributed by atoms with Crippen LogP contribution in [0.1, 0.15) is 16.1 Å². The molecule has 0 saturated carbocycles. The summed E-state index contributed by atoms with van der Waals surface area (Å²) in [6.07, 6.45) is 0. The van der Waals surface area contributed by atoms with Crippen molar-refractivity contribution in [1.29, 1.82) is 0 Å². The fourth-order valence-electron chi connectivity index (χ4n) is 2.96. The molecule has 1 aliphatic heterocycles. The predicted molar refractivity (Wildman–Crippen MR) is 88.0 cm³/mol. The third kappa shape index (κ3) is 2.19. The molecule has 0 radical (unpaired) electrons. The van der Waals surface area contributed by atoms with Gasteiger partial charge in [0.15, 0.2) is 0 Å². The number of hydrogen-bond donors (Lipinski definition) is 2. The topological polar surface area (TPSA) is 62.3 Å². The van der Waals surface area contributed by atoms with Crippen molar-refractivity contribution in [2.45, 2.75) is 6.61 Å². The smallest absolute Gasteiger partial charge is 0.352 e. The molecule has 114 valence electrons. The molecular weight excluding hydrogens is 314 g/mol. The van der Waals surface area contributed by atoms with Crippen LogP contribution in [0.2, 0.25) is 5.02 Å². The Hall–Kier alpha value is -2.72. The van der Waals surface area contributed by atoms with Crippen LogP contribution in [-0.4, -0.2) is 16.1 Å². The van der Waals surface area contributed by atoms with Crippen LogP contribution in [0.15, 0.2) is 48.5 Å². The normalized spacial score (nSPS) is 12.2. The average Bonchev–Trinajstić information content (AvgIpc) is 2.96. The standard InChI is InChI=1S/C18H12ClNO3/c19-11-7-5-10(6-8-11)15-13-9-23-14-4-2-1-3-12(14)16(13)20-17(15)18(21)22/h1-8,20H,9H2,(H,21,22). The van der Waals surface area contributed by atoms with E-state index < -0.39 is 5.97 Å². The summed E-state index contributed by atoms with van der Waals surface area (Å²) >= 11 is 5.94. The zero-order valence-corrected chi connectivity index (χ0v) is 12.7. The maximum absolute atomic E-state index is 11.7. The highest BCUT2D eigenvalue weighted by Crippen LogP contribution is 2.42. The summed E-state index contributed by atoms with van der Waals surface area (Å²) in [5.74, 6) is -0.248. The molecule has 0 amide bonds. The molecule has 1 aromatic heterocycles. The van der Waals surface area contributed by atoms with Gasteiger partial charge in [-0.05, 0) is 29.8 Å². The summed E-state index contributed by atoms with van der Waals surface area (Å²) < 4.78 is 5.79. The van der Waals surface area contributed by atoms with E-state index in [0.717, 1.165) is 28.1 Å². The SMILES string of the molecule is O=C(O)c1[nH]c2c(c1-c1ccc(Cl)cc1)COc1ccccc1-2. The first-order valence-electron chi connectivity index (χ1n) is 7.11. The maximum Gasteiger partial charge on any atom is 0.352 e. The second kappa shape index (κ2) is 5.18. The van der Waals surface area contributed by atoms with Gasteiger partial charge in [-0.1, -0.05) is 35.9 Å². The number of carbonyl (C=O) groups is 1. The lowest BCUT2D eigenvalue weighted by atomic mass is 9.96. The molecule has 2 N–H and O–H groups in total. The molecule has 5 heteroatoms. The minimum absolute atomic E-state index is 0.164. The van der Waals surface area contributed by atoms with Crippen LogP contribution >= 0.6 is 11.6 Å². The van der Waals surface area contributed by atoms with Crippen molar-refractivity contribution in [2.24, 2.45) is 0 Å². The van der Waals surface area contributed by atoms with Gasteiger partial charge in [-0.2, -0.15) is 0 Å². The second-order valence-electron chi connectivity index (χ2n) is 5.33. The molecule has 2 aromatic carbocycles. The third-order valence-electron chi connectivity index (χ3n) is 3.98. The van der Waals surface area contributed by atoms with Gasteiger partial charge in [-0.15, -0.1) is 0 Å². The first-order valence-corrected chi connectivity index (χ1v) is 7.49. The van der Waals surface area contributed by atoms with Crippen molar-refractivity contribution in [2.75, 3.05) is 0 Å². The monoisotopic (exact) mass is 325 g/mol. The number of aromatic carboxylic acids is 1. The minimum Gasteiger partial charge on any atom is -0.488 e. The molecular formula is C18H12ClNO3. The van der Waals surface area contributed by atoms with Crippen molar-refractivity contribution in [3.8, 4) is 28.1 Å². The number of benzene rings is 2. The molecule has 0 saturated heterocycles. The number of ether oxygens (including phenoxy) is 1. The summed E-state index contributed by atoms with van der Waals surface area (Å²) in [7, 11) is 0. The molecule has 1 aliphatic rings. The number of carboxylic acid groups (broad SMARTS) is 1. The third-order valence-corrected chi connectivity index (χ3v) is 4.23. The van der Waals surface area contributed by atoms with Gasteiger partial charge in [0.25, 0.3) is 0 Å². The van der Waals surface area contributed by atoms with E-state index in [1.165, 1.54) is 0 Å². The van der Waals surface area contributed by atoms with E-state index in [-0.39, 0.29) is 5.69 Å².